The summed E-state index contributed by atoms with van der Waals surface area (Å²) in [7, 11) is -3.80. The molecular weight excluding hydrogens is 400 g/mol. The molecule has 1 fully saturated rings. The Balaban J connectivity index is 1.77. The molecule has 1 aliphatic rings. The molecule has 0 aromatic heterocycles. The van der Waals surface area contributed by atoms with E-state index in [1.807, 2.05) is 32.9 Å². The highest BCUT2D eigenvalue weighted by atomic mass is 32.2. The molecule has 2 aromatic rings. The van der Waals surface area contributed by atoms with Crippen molar-refractivity contribution in [2.75, 3.05) is 17.9 Å². The fraction of sp³-hybridized carbons (Fsp3) is 0.435. The first-order valence-corrected chi connectivity index (χ1v) is 11.7. The molecule has 6 nitrogen and oxygen atoms in total. The van der Waals surface area contributed by atoms with Gasteiger partial charge < -0.3 is 10.1 Å². The van der Waals surface area contributed by atoms with E-state index >= 15 is 0 Å². The number of benzene rings is 2. The van der Waals surface area contributed by atoms with Crippen molar-refractivity contribution < 1.29 is 17.9 Å². The van der Waals surface area contributed by atoms with Crippen LogP contribution in [-0.2, 0) is 20.2 Å². The van der Waals surface area contributed by atoms with Crippen molar-refractivity contribution in [1.29, 1.82) is 0 Å². The third kappa shape index (κ3) is 5.40. The van der Waals surface area contributed by atoms with E-state index in [0.29, 0.717) is 23.4 Å². The Morgan fingerprint density at radius 3 is 2.60 bits per heavy atom. The first-order valence-electron chi connectivity index (χ1n) is 10.2. The van der Waals surface area contributed by atoms with E-state index in [1.165, 1.54) is 0 Å². The van der Waals surface area contributed by atoms with Gasteiger partial charge in [-0.05, 0) is 60.6 Å². The number of carbonyl (C=O) groups is 1. The average molecular weight is 431 g/mol. The Morgan fingerprint density at radius 2 is 1.93 bits per heavy atom. The lowest BCUT2D eigenvalue weighted by Crippen LogP contribution is -2.31. The molecule has 1 atom stereocenters. The summed E-state index contributed by atoms with van der Waals surface area (Å²) >= 11 is 0. The van der Waals surface area contributed by atoms with Crippen LogP contribution in [0.25, 0.3) is 0 Å². The molecule has 0 saturated carbocycles. The minimum absolute atomic E-state index is 0.0497. The number of hydrogen-bond acceptors (Lipinski definition) is 4. The van der Waals surface area contributed by atoms with E-state index in [9.17, 15) is 13.2 Å². The van der Waals surface area contributed by atoms with Crippen molar-refractivity contribution in [3.8, 4) is 0 Å². The minimum Gasteiger partial charge on any atom is -0.376 e. The summed E-state index contributed by atoms with van der Waals surface area (Å²) in [5.74, 6) is -0.252. The number of sulfonamides is 1. The normalized spacial score (nSPS) is 17.0. The SMILES string of the molecule is Cc1ccc(C(C)(C)C)cc1S(=O)(=O)Nc1cccc(C(=O)NCC2CCCO2)c1. The van der Waals surface area contributed by atoms with Crippen molar-refractivity contribution in [3.63, 3.8) is 0 Å². The van der Waals surface area contributed by atoms with Crippen LogP contribution in [0, 0.1) is 6.92 Å². The lowest BCUT2D eigenvalue weighted by molar-refractivity contribution is 0.0858. The summed E-state index contributed by atoms with van der Waals surface area (Å²) in [6.45, 7) is 9.08. The van der Waals surface area contributed by atoms with Crippen LogP contribution >= 0.6 is 0 Å². The molecule has 0 spiro atoms. The Morgan fingerprint density at radius 1 is 1.17 bits per heavy atom. The third-order valence-electron chi connectivity index (χ3n) is 5.23. The first-order chi connectivity index (χ1) is 14.1. The summed E-state index contributed by atoms with van der Waals surface area (Å²) in [5, 5.41) is 2.85. The molecule has 2 aromatic carbocycles. The molecular formula is C23H30N2O4S. The van der Waals surface area contributed by atoms with Gasteiger partial charge in [0.2, 0.25) is 0 Å². The largest absolute Gasteiger partial charge is 0.376 e. The second-order valence-electron chi connectivity index (χ2n) is 8.76. The highest BCUT2D eigenvalue weighted by Crippen LogP contribution is 2.28. The highest BCUT2D eigenvalue weighted by Gasteiger charge is 2.22. The maximum atomic E-state index is 13.1. The van der Waals surface area contributed by atoms with Crippen LogP contribution in [0.1, 0.15) is 55.1 Å². The third-order valence-corrected chi connectivity index (χ3v) is 6.76. The Hall–Kier alpha value is -2.38. The van der Waals surface area contributed by atoms with Crippen LogP contribution in [0.4, 0.5) is 5.69 Å². The maximum Gasteiger partial charge on any atom is 0.262 e. The second-order valence-corrected chi connectivity index (χ2v) is 10.4. The summed E-state index contributed by atoms with van der Waals surface area (Å²) in [4.78, 5) is 12.7. The summed E-state index contributed by atoms with van der Waals surface area (Å²) < 4.78 is 34.2. The second kappa shape index (κ2) is 8.78. The van der Waals surface area contributed by atoms with Gasteiger partial charge in [-0.2, -0.15) is 0 Å². The number of anilines is 1. The quantitative estimate of drug-likeness (QED) is 0.725. The standard InChI is InChI=1S/C23H30N2O4S/c1-16-10-11-18(23(2,3)4)14-21(16)30(27,28)25-19-8-5-7-17(13-19)22(26)24-15-20-9-6-12-29-20/h5,7-8,10-11,13-14,20,25H,6,9,12,15H2,1-4H3,(H,24,26). The van der Waals surface area contributed by atoms with E-state index in [1.54, 1.807) is 37.3 Å². The molecule has 1 unspecified atom stereocenters. The molecule has 0 aliphatic carbocycles. The van der Waals surface area contributed by atoms with Crippen molar-refractivity contribution in [2.45, 2.75) is 57.0 Å². The zero-order chi connectivity index (χ0) is 21.9. The molecule has 0 bridgehead atoms. The van der Waals surface area contributed by atoms with Gasteiger partial charge in [0.05, 0.1) is 11.0 Å². The summed E-state index contributed by atoms with van der Waals surface area (Å²) in [6.07, 6.45) is 1.99. The Labute approximate surface area is 179 Å². The van der Waals surface area contributed by atoms with Gasteiger partial charge in [-0.25, -0.2) is 8.42 Å². The lowest BCUT2D eigenvalue weighted by atomic mass is 9.87. The molecule has 1 aliphatic heterocycles. The average Bonchev–Trinajstić information content (AvgIpc) is 3.19. The number of hydrogen-bond donors (Lipinski definition) is 2. The smallest absolute Gasteiger partial charge is 0.262 e. The zero-order valence-corrected chi connectivity index (χ0v) is 18.8. The predicted molar refractivity (Wildman–Crippen MR) is 118 cm³/mol. The van der Waals surface area contributed by atoms with Gasteiger partial charge >= 0.3 is 0 Å². The molecule has 1 saturated heterocycles. The number of aryl methyl sites for hydroxylation is 1. The van der Waals surface area contributed by atoms with Crippen molar-refractivity contribution in [2.24, 2.45) is 0 Å². The highest BCUT2D eigenvalue weighted by molar-refractivity contribution is 7.92. The van der Waals surface area contributed by atoms with E-state index in [-0.39, 0.29) is 22.3 Å². The van der Waals surface area contributed by atoms with Crippen LogP contribution in [0.15, 0.2) is 47.4 Å². The lowest BCUT2D eigenvalue weighted by Gasteiger charge is -2.21. The van der Waals surface area contributed by atoms with Crippen molar-refractivity contribution in [3.05, 3.63) is 59.2 Å². The number of ether oxygens (including phenoxy) is 1. The zero-order valence-electron chi connectivity index (χ0n) is 18.0. The minimum atomic E-state index is -3.80. The van der Waals surface area contributed by atoms with Crippen LogP contribution in [0.2, 0.25) is 0 Å². The van der Waals surface area contributed by atoms with Crippen molar-refractivity contribution in [1.82, 2.24) is 5.32 Å². The van der Waals surface area contributed by atoms with Gasteiger partial charge in [-0.15, -0.1) is 0 Å². The molecule has 0 radical (unpaired) electrons. The van der Waals surface area contributed by atoms with Crippen LogP contribution in [0.3, 0.4) is 0 Å². The Bertz CT molecular complexity index is 1020. The summed E-state index contributed by atoms with van der Waals surface area (Å²) in [6, 6.07) is 12.0. The van der Waals surface area contributed by atoms with Crippen LogP contribution < -0.4 is 10.0 Å². The number of rotatable bonds is 6. The fourth-order valence-corrected chi connectivity index (χ4v) is 4.73. The fourth-order valence-electron chi connectivity index (χ4n) is 3.40. The van der Waals surface area contributed by atoms with E-state index in [2.05, 4.69) is 10.0 Å². The van der Waals surface area contributed by atoms with Crippen LogP contribution in [0.5, 0.6) is 0 Å². The van der Waals surface area contributed by atoms with Gasteiger partial charge in [0, 0.05) is 24.4 Å². The number of carbonyl (C=O) groups excluding carboxylic acids is 1. The molecule has 7 heteroatoms. The molecule has 3 rings (SSSR count). The molecule has 162 valence electrons. The van der Waals surface area contributed by atoms with Gasteiger partial charge in [0.1, 0.15) is 0 Å². The van der Waals surface area contributed by atoms with E-state index in [4.69, 9.17) is 4.74 Å². The molecule has 1 heterocycles. The summed E-state index contributed by atoms with van der Waals surface area (Å²) in [5.41, 5.74) is 2.18. The topological polar surface area (TPSA) is 84.5 Å². The van der Waals surface area contributed by atoms with E-state index in [0.717, 1.165) is 25.0 Å². The van der Waals surface area contributed by atoms with Crippen molar-refractivity contribution >= 4 is 21.6 Å². The van der Waals surface area contributed by atoms with Gasteiger partial charge in [0.25, 0.3) is 15.9 Å². The molecule has 2 N–H and O–H groups in total. The monoisotopic (exact) mass is 430 g/mol. The first kappa shape index (κ1) is 22.3. The van der Waals surface area contributed by atoms with E-state index < -0.39 is 10.0 Å². The predicted octanol–water partition coefficient (Wildman–Crippen LogP) is 4.00. The van der Waals surface area contributed by atoms with Crippen LogP contribution in [-0.4, -0.2) is 33.6 Å². The van der Waals surface area contributed by atoms with Gasteiger partial charge in [-0.1, -0.05) is 39.0 Å². The van der Waals surface area contributed by atoms with Gasteiger partial charge in [-0.3, -0.25) is 9.52 Å². The number of amides is 1. The van der Waals surface area contributed by atoms with Gasteiger partial charge in [0.15, 0.2) is 0 Å². The molecule has 30 heavy (non-hydrogen) atoms. The number of nitrogens with one attached hydrogen (secondary N) is 2. The maximum absolute atomic E-state index is 13.1. The molecule has 1 amide bonds. The Kier molecular flexibility index (Phi) is 6.53.